The average Bonchev–Trinajstić information content (AvgIpc) is 2.85. The molecule has 104 valence electrons. The van der Waals surface area contributed by atoms with Crippen LogP contribution in [0, 0.1) is 5.41 Å². The Morgan fingerprint density at radius 2 is 2.06 bits per heavy atom. The molecular weight excluding hydrogens is 222 g/mol. The van der Waals surface area contributed by atoms with Gasteiger partial charge < -0.3 is 10.2 Å². The Hall–Kier alpha value is -0.120. The van der Waals surface area contributed by atoms with Gasteiger partial charge in [0, 0.05) is 31.7 Å². The number of fused-ring (bicyclic) bond motifs is 2. The molecule has 3 heterocycles. The summed E-state index contributed by atoms with van der Waals surface area (Å²) in [4.78, 5) is 5.54. The van der Waals surface area contributed by atoms with E-state index in [0.29, 0.717) is 5.41 Å². The Bertz CT molecular complexity index is 285. The Morgan fingerprint density at radius 3 is 2.78 bits per heavy atom. The molecule has 0 saturated carbocycles. The summed E-state index contributed by atoms with van der Waals surface area (Å²) < 4.78 is 0. The maximum absolute atomic E-state index is 3.55. The first-order chi connectivity index (χ1) is 8.70. The molecule has 3 fully saturated rings. The smallest absolute Gasteiger partial charge is 0.0226 e. The molecule has 3 saturated heterocycles. The zero-order valence-corrected chi connectivity index (χ0v) is 12.1. The number of nitrogens with zero attached hydrogens (tertiary/aromatic N) is 2. The summed E-state index contributed by atoms with van der Waals surface area (Å²) >= 11 is 0. The van der Waals surface area contributed by atoms with E-state index < -0.39 is 0 Å². The van der Waals surface area contributed by atoms with Gasteiger partial charge in [0.25, 0.3) is 0 Å². The molecule has 3 heteroatoms. The van der Waals surface area contributed by atoms with E-state index in [2.05, 4.69) is 29.0 Å². The molecule has 1 N–H and O–H groups in total. The van der Waals surface area contributed by atoms with Gasteiger partial charge in [0.15, 0.2) is 0 Å². The molecule has 3 atom stereocenters. The van der Waals surface area contributed by atoms with E-state index in [1.165, 1.54) is 65.0 Å². The predicted molar refractivity (Wildman–Crippen MR) is 75.8 cm³/mol. The fourth-order valence-electron chi connectivity index (χ4n) is 4.23. The summed E-state index contributed by atoms with van der Waals surface area (Å²) in [5, 5.41) is 3.55. The first-order valence-corrected chi connectivity index (χ1v) is 7.89. The lowest BCUT2D eigenvalue weighted by atomic mass is 9.88. The number of likely N-dealkylation sites (N-methyl/N-ethyl adjacent to an activating group) is 1. The van der Waals surface area contributed by atoms with E-state index in [1.54, 1.807) is 0 Å². The van der Waals surface area contributed by atoms with Crippen LogP contribution in [0.25, 0.3) is 0 Å². The standard InChI is InChI=1S/C15H29N3/c1-3-17-9-6-13-4-5-14(10-17)18(13)12-15(2)7-8-16-11-15/h13-14,16H,3-12H2,1-2H3. The molecule has 3 rings (SSSR count). The molecule has 18 heavy (non-hydrogen) atoms. The van der Waals surface area contributed by atoms with Gasteiger partial charge in [0.2, 0.25) is 0 Å². The van der Waals surface area contributed by atoms with E-state index in [0.717, 1.165) is 12.1 Å². The minimum Gasteiger partial charge on any atom is -0.316 e. The van der Waals surface area contributed by atoms with Crippen LogP contribution in [-0.4, -0.2) is 61.2 Å². The monoisotopic (exact) mass is 251 g/mol. The number of nitrogens with one attached hydrogen (secondary N) is 1. The lowest BCUT2D eigenvalue weighted by molar-refractivity contribution is 0.124. The van der Waals surface area contributed by atoms with Crippen LogP contribution in [0.15, 0.2) is 0 Å². The first-order valence-electron chi connectivity index (χ1n) is 7.89. The lowest BCUT2D eigenvalue weighted by Crippen LogP contribution is -2.45. The third-order valence-electron chi connectivity index (χ3n) is 5.49. The minimum absolute atomic E-state index is 0.530. The van der Waals surface area contributed by atoms with Gasteiger partial charge in [-0.2, -0.15) is 0 Å². The Morgan fingerprint density at radius 1 is 1.22 bits per heavy atom. The van der Waals surface area contributed by atoms with Gasteiger partial charge in [-0.05, 0) is 50.7 Å². The summed E-state index contributed by atoms with van der Waals surface area (Å²) in [6, 6.07) is 1.72. The summed E-state index contributed by atoms with van der Waals surface area (Å²) in [5.41, 5.74) is 0.530. The Kier molecular flexibility index (Phi) is 3.65. The van der Waals surface area contributed by atoms with E-state index >= 15 is 0 Å². The van der Waals surface area contributed by atoms with Gasteiger partial charge in [-0.1, -0.05) is 13.8 Å². The van der Waals surface area contributed by atoms with Gasteiger partial charge in [-0.15, -0.1) is 0 Å². The summed E-state index contributed by atoms with van der Waals surface area (Å²) in [6.45, 7) is 12.4. The molecule has 0 aromatic rings. The SMILES string of the molecule is CCN1CCC2CCC(C1)N2CC1(C)CCNC1. The maximum Gasteiger partial charge on any atom is 0.0226 e. The van der Waals surface area contributed by atoms with E-state index in [-0.39, 0.29) is 0 Å². The van der Waals surface area contributed by atoms with E-state index in [1.807, 2.05) is 0 Å². The summed E-state index contributed by atoms with van der Waals surface area (Å²) in [7, 11) is 0. The van der Waals surface area contributed by atoms with Crippen LogP contribution in [-0.2, 0) is 0 Å². The largest absolute Gasteiger partial charge is 0.316 e. The zero-order valence-electron chi connectivity index (χ0n) is 12.1. The maximum atomic E-state index is 3.55. The van der Waals surface area contributed by atoms with Crippen molar-refractivity contribution in [3.8, 4) is 0 Å². The first kappa shape index (κ1) is 12.9. The van der Waals surface area contributed by atoms with Gasteiger partial charge >= 0.3 is 0 Å². The molecule has 3 unspecified atom stereocenters. The zero-order chi connectivity index (χ0) is 12.6. The van der Waals surface area contributed by atoms with Crippen molar-refractivity contribution < 1.29 is 0 Å². The van der Waals surface area contributed by atoms with Crippen molar-refractivity contribution in [2.45, 2.75) is 51.6 Å². The molecule has 3 nitrogen and oxygen atoms in total. The third-order valence-corrected chi connectivity index (χ3v) is 5.49. The second-order valence-corrected chi connectivity index (χ2v) is 6.98. The minimum atomic E-state index is 0.530. The van der Waals surface area contributed by atoms with Crippen LogP contribution in [0.3, 0.4) is 0 Å². The molecule has 3 aliphatic heterocycles. The average molecular weight is 251 g/mol. The highest BCUT2D eigenvalue weighted by molar-refractivity contribution is 4.97. The van der Waals surface area contributed by atoms with E-state index in [4.69, 9.17) is 0 Å². The van der Waals surface area contributed by atoms with Crippen LogP contribution in [0.2, 0.25) is 0 Å². The van der Waals surface area contributed by atoms with Crippen molar-refractivity contribution in [2.24, 2.45) is 5.41 Å². The molecule has 0 aliphatic carbocycles. The molecular formula is C15H29N3. The van der Waals surface area contributed by atoms with Gasteiger partial charge in [0.05, 0.1) is 0 Å². The molecule has 0 aromatic carbocycles. The van der Waals surface area contributed by atoms with Crippen molar-refractivity contribution in [1.82, 2.24) is 15.1 Å². The van der Waals surface area contributed by atoms with Crippen molar-refractivity contribution in [1.29, 1.82) is 0 Å². The van der Waals surface area contributed by atoms with Gasteiger partial charge in [-0.3, -0.25) is 4.90 Å². The van der Waals surface area contributed by atoms with Gasteiger partial charge in [-0.25, -0.2) is 0 Å². The van der Waals surface area contributed by atoms with Crippen molar-refractivity contribution >= 4 is 0 Å². The molecule has 0 aromatic heterocycles. The highest BCUT2D eigenvalue weighted by Crippen LogP contribution is 2.35. The molecule has 0 radical (unpaired) electrons. The van der Waals surface area contributed by atoms with Crippen LogP contribution in [0.5, 0.6) is 0 Å². The van der Waals surface area contributed by atoms with Gasteiger partial charge in [0.1, 0.15) is 0 Å². The van der Waals surface area contributed by atoms with Crippen LogP contribution < -0.4 is 5.32 Å². The topological polar surface area (TPSA) is 18.5 Å². The fourth-order valence-corrected chi connectivity index (χ4v) is 4.23. The van der Waals surface area contributed by atoms with Crippen LogP contribution >= 0.6 is 0 Å². The number of likely N-dealkylation sites (tertiary alicyclic amines) is 1. The summed E-state index contributed by atoms with van der Waals surface area (Å²) in [5.74, 6) is 0. The fraction of sp³-hybridized carbons (Fsp3) is 1.00. The molecule has 2 bridgehead atoms. The van der Waals surface area contributed by atoms with E-state index in [9.17, 15) is 0 Å². The second kappa shape index (κ2) is 5.10. The second-order valence-electron chi connectivity index (χ2n) is 6.98. The van der Waals surface area contributed by atoms with Crippen molar-refractivity contribution in [3.63, 3.8) is 0 Å². The Balaban J connectivity index is 1.68. The normalized spacial score (nSPS) is 42.3. The molecule has 3 aliphatic rings. The predicted octanol–water partition coefficient (Wildman–Crippen LogP) is 1.54. The van der Waals surface area contributed by atoms with Crippen molar-refractivity contribution in [3.05, 3.63) is 0 Å². The lowest BCUT2D eigenvalue weighted by Gasteiger charge is -2.35. The van der Waals surface area contributed by atoms with Crippen molar-refractivity contribution in [2.75, 3.05) is 39.3 Å². The quantitative estimate of drug-likeness (QED) is 0.821. The summed E-state index contributed by atoms with van der Waals surface area (Å²) in [6.07, 6.45) is 5.64. The highest BCUT2D eigenvalue weighted by atomic mass is 15.3. The number of hydrogen-bond acceptors (Lipinski definition) is 3. The number of hydrogen-bond donors (Lipinski definition) is 1. The Labute approximate surface area is 112 Å². The van der Waals surface area contributed by atoms with Crippen LogP contribution in [0.1, 0.15) is 39.5 Å². The third kappa shape index (κ3) is 2.45. The highest BCUT2D eigenvalue weighted by Gasteiger charge is 2.41. The molecule has 0 spiro atoms. The molecule has 0 amide bonds. The number of rotatable bonds is 3. The van der Waals surface area contributed by atoms with Crippen LogP contribution in [0.4, 0.5) is 0 Å².